The van der Waals surface area contributed by atoms with Gasteiger partial charge in [-0.15, -0.1) is 0 Å². The van der Waals surface area contributed by atoms with Crippen LogP contribution in [0.4, 0.5) is 4.39 Å². The summed E-state index contributed by atoms with van der Waals surface area (Å²) in [6.07, 6.45) is 0. The molecule has 27 heavy (non-hydrogen) atoms. The van der Waals surface area contributed by atoms with Gasteiger partial charge in [0.25, 0.3) is 0 Å². The van der Waals surface area contributed by atoms with Crippen LogP contribution in [0, 0.1) is 5.82 Å². The van der Waals surface area contributed by atoms with Gasteiger partial charge >= 0.3 is 7.48 Å². The Morgan fingerprint density at radius 1 is 1.00 bits per heavy atom. The minimum Gasteiger partial charge on any atom is -0.491 e. The van der Waals surface area contributed by atoms with Gasteiger partial charge in [0.2, 0.25) is 0 Å². The van der Waals surface area contributed by atoms with E-state index < -0.39 is 17.0 Å². The molecule has 0 spiro atoms. The Bertz CT molecular complexity index is 714. The summed E-state index contributed by atoms with van der Waals surface area (Å²) >= 11 is 0. The fourth-order valence-electron chi connectivity index (χ4n) is 2.03. The Kier molecular flexibility index (Phi) is 7.42. The Balaban J connectivity index is 1.77. The molecule has 0 aliphatic heterocycles. The normalized spacial score (nSPS) is 12.1. The van der Waals surface area contributed by atoms with E-state index in [-0.39, 0.29) is 0 Å². The van der Waals surface area contributed by atoms with Crippen molar-refractivity contribution in [2.75, 3.05) is 13.2 Å². The monoisotopic (exact) mass is 373 g/mol. The number of ether oxygens (including phenoxy) is 2. The first kappa shape index (κ1) is 21.4. The molecule has 1 radical (unpaired) electrons. The van der Waals surface area contributed by atoms with Gasteiger partial charge in [0.05, 0.1) is 24.4 Å². The van der Waals surface area contributed by atoms with Gasteiger partial charge < -0.3 is 19.2 Å². The zero-order valence-electron chi connectivity index (χ0n) is 16.4. The summed E-state index contributed by atoms with van der Waals surface area (Å²) in [4.78, 5) is 0. The summed E-state index contributed by atoms with van der Waals surface area (Å²) in [5, 5.41) is 10.1. The Morgan fingerprint density at radius 2 is 1.70 bits per heavy atom. The van der Waals surface area contributed by atoms with E-state index in [0.29, 0.717) is 31.0 Å². The van der Waals surface area contributed by atoms with E-state index in [1.807, 2.05) is 30.3 Å². The van der Waals surface area contributed by atoms with Crippen LogP contribution in [0.2, 0.25) is 0 Å². The average Bonchev–Trinajstić information content (AvgIpc) is 2.60. The van der Waals surface area contributed by atoms with Crippen molar-refractivity contribution in [3.63, 3.8) is 0 Å². The summed E-state index contributed by atoms with van der Waals surface area (Å²) in [7, 11) is 1.32. The Labute approximate surface area is 161 Å². The molecule has 4 nitrogen and oxygen atoms in total. The third-order valence-electron chi connectivity index (χ3n) is 4.53. The molecule has 1 N–H and O–H groups in total. The van der Waals surface area contributed by atoms with Crippen LogP contribution in [0.1, 0.15) is 33.3 Å². The van der Waals surface area contributed by atoms with E-state index in [1.54, 1.807) is 39.8 Å². The zero-order chi connectivity index (χ0) is 19.9. The summed E-state index contributed by atoms with van der Waals surface area (Å²) in [5.74, 6) is -0.0287. The van der Waals surface area contributed by atoms with Crippen LogP contribution >= 0.6 is 0 Å². The van der Waals surface area contributed by atoms with Gasteiger partial charge in [-0.1, -0.05) is 36.4 Å². The zero-order valence-corrected chi connectivity index (χ0v) is 16.4. The molecule has 0 fully saturated rings. The van der Waals surface area contributed by atoms with Crippen LogP contribution in [0.25, 0.3) is 0 Å². The van der Waals surface area contributed by atoms with Gasteiger partial charge in [-0.2, -0.15) is 0 Å². The highest BCUT2D eigenvalue weighted by Gasteiger charge is 2.35. The number of halogens is 1. The maximum absolute atomic E-state index is 14.2. The first-order chi connectivity index (χ1) is 12.7. The molecule has 2 rings (SSSR count). The van der Waals surface area contributed by atoms with Crippen molar-refractivity contribution in [3.8, 4) is 5.75 Å². The lowest BCUT2D eigenvalue weighted by molar-refractivity contribution is -0.0893. The molecule has 2 aromatic rings. The van der Waals surface area contributed by atoms with E-state index in [9.17, 15) is 9.50 Å². The molecule has 0 aromatic heterocycles. The number of aliphatic hydroxyl groups is 1. The van der Waals surface area contributed by atoms with Gasteiger partial charge in [-0.05, 0) is 44.8 Å². The number of benzene rings is 2. The number of hydrogen-bond acceptors (Lipinski definition) is 4. The molecule has 0 unspecified atom stereocenters. The third kappa shape index (κ3) is 6.65. The number of rotatable bonds is 10. The molecule has 0 heterocycles. The molecule has 0 saturated heterocycles. The predicted molar refractivity (Wildman–Crippen MR) is 105 cm³/mol. The van der Waals surface area contributed by atoms with Gasteiger partial charge in [-0.25, -0.2) is 4.39 Å². The lowest BCUT2D eigenvalue weighted by Crippen LogP contribution is -2.49. The fourth-order valence-corrected chi connectivity index (χ4v) is 2.03. The highest BCUT2D eigenvalue weighted by Crippen LogP contribution is 2.24. The van der Waals surface area contributed by atoms with Crippen molar-refractivity contribution in [1.29, 1.82) is 0 Å². The van der Waals surface area contributed by atoms with Crippen LogP contribution in [-0.2, 0) is 16.0 Å². The van der Waals surface area contributed by atoms with Crippen molar-refractivity contribution < 1.29 is 23.6 Å². The van der Waals surface area contributed by atoms with Crippen molar-refractivity contribution in [2.24, 2.45) is 0 Å². The largest absolute Gasteiger partial charge is 0.491 e. The maximum atomic E-state index is 14.2. The molecule has 2 aromatic carbocycles. The van der Waals surface area contributed by atoms with E-state index in [2.05, 4.69) is 0 Å². The van der Waals surface area contributed by atoms with Crippen LogP contribution in [0.5, 0.6) is 5.75 Å². The summed E-state index contributed by atoms with van der Waals surface area (Å²) in [6, 6.07) is 14.4. The fraction of sp³-hybridized carbons (Fsp3) is 0.429. The minimum atomic E-state index is -1.07. The van der Waals surface area contributed by atoms with Crippen LogP contribution in [0.15, 0.2) is 48.5 Å². The van der Waals surface area contributed by atoms with Crippen molar-refractivity contribution in [1.82, 2.24) is 0 Å². The SMILES string of the molecule is CC(C)(O)C(C)(C)O[B]c1ccc(OCCOCc2ccccc2)cc1F. The molecule has 0 amide bonds. The summed E-state index contributed by atoms with van der Waals surface area (Å²) in [6.45, 7) is 8.04. The molecule has 0 bridgehead atoms. The van der Waals surface area contributed by atoms with Crippen molar-refractivity contribution >= 4 is 12.9 Å². The van der Waals surface area contributed by atoms with E-state index >= 15 is 0 Å². The summed E-state index contributed by atoms with van der Waals surface area (Å²) < 4.78 is 30.9. The van der Waals surface area contributed by atoms with Crippen molar-refractivity contribution in [3.05, 3.63) is 59.9 Å². The Morgan fingerprint density at radius 3 is 2.33 bits per heavy atom. The maximum Gasteiger partial charge on any atom is 0.333 e. The second-order valence-electron chi connectivity index (χ2n) is 7.37. The van der Waals surface area contributed by atoms with E-state index in [4.69, 9.17) is 14.1 Å². The molecule has 0 saturated carbocycles. The quantitative estimate of drug-likeness (QED) is 0.513. The smallest absolute Gasteiger partial charge is 0.333 e. The number of hydrogen-bond donors (Lipinski definition) is 1. The second kappa shape index (κ2) is 9.35. The molecule has 0 aliphatic rings. The van der Waals surface area contributed by atoms with Gasteiger partial charge in [0, 0.05) is 6.07 Å². The molecule has 145 valence electrons. The lowest BCUT2D eigenvalue weighted by Gasteiger charge is -2.37. The topological polar surface area (TPSA) is 47.9 Å². The molecule has 0 aliphatic carbocycles. The third-order valence-corrected chi connectivity index (χ3v) is 4.53. The first-order valence-electron chi connectivity index (χ1n) is 8.96. The first-order valence-corrected chi connectivity index (χ1v) is 8.96. The second-order valence-corrected chi connectivity index (χ2v) is 7.37. The highest BCUT2D eigenvalue weighted by atomic mass is 19.1. The Hall–Kier alpha value is -1.89. The van der Waals surface area contributed by atoms with Gasteiger partial charge in [0.15, 0.2) is 0 Å². The van der Waals surface area contributed by atoms with Crippen molar-refractivity contribution in [2.45, 2.75) is 45.5 Å². The van der Waals surface area contributed by atoms with Gasteiger partial charge in [0.1, 0.15) is 18.2 Å². The molecule has 0 atom stereocenters. The van der Waals surface area contributed by atoms with E-state index in [0.717, 1.165) is 5.56 Å². The van der Waals surface area contributed by atoms with Crippen LogP contribution in [-0.4, -0.2) is 37.0 Å². The highest BCUT2D eigenvalue weighted by molar-refractivity contribution is 6.47. The van der Waals surface area contributed by atoms with Crippen LogP contribution in [0.3, 0.4) is 0 Å². The van der Waals surface area contributed by atoms with Crippen LogP contribution < -0.4 is 10.2 Å². The molecular formula is C21H27BFO4. The van der Waals surface area contributed by atoms with Gasteiger partial charge in [-0.3, -0.25) is 0 Å². The standard InChI is InChI=1S/C21H27BFO4/c1-20(2,24)21(3,4)27-22-18-11-10-17(14-19(18)23)26-13-12-25-15-16-8-6-5-7-9-16/h5-11,14,24H,12-13,15H2,1-4H3. The average molecular weight is 373 g/mol. The lowest BCUT2D eigenvalue weighted by atomic mass is 9.82. The summed E-state index contributed by atoms with van der Waals surface area (Å²) in [5.41, 5.74) is -0.537. The predicted octanol–water partition coefficient (Wildman–Crippen LogP) is 3.23. The van der Waals surface area contributed by atoms with E-state index in [1.165, 1.54) is 13.5 Å². The minimum absolute atomic E-state index is 0.292. The molecular weight excluding hydrogens is 346 g/mol. The molecule has 6 heteroatoms.